The Bertz CT molecular complexity index is 390. The molecular weight excluding hydrogens is 240 g/mol. The number of primary amides is 1. The molecule has 0 saturated heterocycles. The van der Waals surface area contributed by atoms with E-state index in [9.17, 15) is 15.0 Å². The standard InChI is InChI=1S/C11H18N2O3S/c12-9(14)4-2-1-3-5-13-10(15)6-8(7-17)11(13)16/h6,15-17H,1-5,7H2,(H2,12,14). The third-order valence-corrected chi connectivity index (χ3v) is 2.94. The summed E-state index contributed by atoms with van der Waals surface area (Å²) in [6.07, 6.45) is 2.72. The third-order valence-electron chi connectivity index (χ3n) is 2.60. The summed E-state index contributed by atoms with van der Waals surface area (Å²) in [7, 11) is 0. The van der Waals surface area contributed by atoms with E-state index >= 15 is 0 Å². The molecule has 5 nitrogen and oxygen atoms in total. The van der Waals surface area contributed by atoms with Crippen LogP contribution < -0.4 is 5.73 Å². The summed E-state index contributed by atoms with van der Waals surface area (Å²) in [4.78, 5) is 10.5. The van der Waals surface area contributed by atoms with E-state index < -0.39 is 0 Å². The fourth-order valence-corrected chi connectivity index (χ4v) is 1.90. The molecule has 6 heteroatoms. The van der Waals surface area contributed by atoms with E-state index in [-0.39, 0.29) is 17.7 Å². The molecule has 4 N–H and O–H groups in total. The van der Waals surface area contributed by atoms with Crippen molar-refractivity contribution in [3.63, 3.8) is 0 Å². The van der Waals surface area contributed by atoms with Crippen LogP contribution in [0.15, 0.2) is 6.07 Å². The Labute approximate surface area is 106 Å². The van der Waals surface area contributed by atoms with Gasteiger partial charge < -0.3 is 15.9 Å². The van der Waals surface area contributed by atoms with Gasteiger partial charge in [0, 0.05) is 30.3 Å². The molecule has 0 aliphatic carbocycles. The second-order valence-electron chi connectivity index (χ2n) is 3.94. The fourth-order valence-electron chi connectivity index (χ4n) is 1.66. The third kappa shape index (κ3) is 3.89. The van der Waals surface area contributed by atoms with Gasteiger partial charge in [0.15, 0.2) is 11.8 Å². The number of aromatic hydroxyl groups is 2. The number of rotatable bonds is 7. The topological polar surface area (TPSA) is 88.5 Å². The number of nitrogens with two attached hydrogens (primary N) is 1. The molecule has 0 aliphatic heterocycles. The molecule has 0 aromatic carbocycles. The first-order chi connectivity index (χ1) is 8.06. The largest absolute Gasteiger partial charge is 0.494 e. The average Bonchev–Trinajstić information content (AvgIpc) is 2.54. The molecule has 0 spiro atoms. The molecule has 1 aromatic heterocycles. The number of carbonyl (C=O) groups is 1. The quantitative estimate of drug-likeness (QED) is 0.440. The van der Waals surface area contributed by atoms with Gasteiger partial charge in [0.2, 0.25) is 5.91 Å². The van der Waals surface area contributed by atoms with Gasteiger partial charge in [-0.2, -0.15) is 12.6 Å². The summed E-state index contributed by atoms with van der Waals surface area (Å²) in [6, 6.07) is 1.51. The lowest BCUT2D eigenvalue weighted by Crippen LogP contribution is -2.09. The first-order valence-electron chi connectivity index (χ1n) is 5.55. The van der Waals surface area contributed by atoms with Crippen molar-refractivity contribution in [2.75, 3.05) is 0 Å². The maximum absolute atomic E-state index is 10.5. The molecule has 0 radical (unpaired) electrons. The van der Waals surface area contributed by atoms with Crippen molar-refractivity contribution in [1.29, 1.82) is 0 Å². The van der Waals surface area contributed by atoms with E-state index in [1.165, 1.54) is 10.6 Å². The van der Waals surface area contributed by atoms with E-state index in [1.54, 1.807) is 0 Å². The Morgan fingerprint density at radius 2 is 2.06 bits per heavy atom. The Morgan fingerprint density at radius 3 is 2.59 bits per heavy atom. The summed E-state index contributed by atoms with van der Waals surface area (Å²) < 4.78 is 1.44. The molecule has 1 amide bonds. The van der Waals surface area contributed by atoms with E-state index in [4.69, 9.17) is 5.73 Å². The number of aromatic nitrogens is 1. The second-order valence-corrected chi connectivity index (χ2v) is 4.25. The number of nitrogens with zero attached hydrogens (tertiary/aromatic N) is 1. The van der Waals surface area contributed by atoms with E-state index in [1.807, 2.05) is 0 Å². The molecule has 0 atom stereocenters. The van der Waals surface area contributed by atoms with Crippen LogP contribution in [0.1, 0.15) is 31.2 Å². The van der Waals surface area contributed by atoms with Crippen LogP contribution in [0.3, 0.4) is 0 Å². The molecule has 0 saturated carbocycles. The number of carbonyl (C=O) groups excluding carboxylic acids is 1. The van der Waals surface area contributed by atoms with Crippen molar-refractivity contribution in [3.8, 4) is 11.8 Å². The van der Waals surface area contributed by atoms with Gasteiger partial charge in [0.05, 0.1) is 0 Å². The highest BCUT2D eigenvalue weighted by Crippen LogP contribution is 2.29. The molecule has 0 unspecified atom stereocenters. The SMILES string of the molecule is NC(=O)CCCCCn1c(O)cc(CS)c1O. The van der Waals surface area contributed by atoms with E-state index in [0.717, 1.165) is 19.3 Å². The zero-order valence-electron chi connectivity index (χ0n) is 9.59. The van der Waals surface area contributed by atoms with Crippen LogP contribution in [-0.2, 0) is 17.1 Å². The highest BCUT2D eigenvalue weighted by Gasteiger charge is 2.11. The fraction of sp³-hybridized carbons (Fsp3) is 0.545. The molecule has 1 rings (SSSR count). The second kappa shape index (κ2) is 6.44. The van der Waals surface area contributed by atoms with Gasteiger partial charge in [0.25, 0.3) is 0 Å². The zero-order valence-corrected chi connectivity index (χ0v) is 10.5. The number of hydrogen-bond donors (Lipinski definition) is 4. The smallest absolute Gasteiger partial charge is 0.217 e. The van der Waals surface area contributed by atoms with Gasteiger partial charge in [-0.1, -0.05) is 6.42 Å². The first-order valence-corrected chi connectivity index (χ1v) is 6.19. The van der Waals surface area contributed by atoms with Crippen LogP contribution in [0, 0.1) is 0 Å². The maximum Gasteiger partial charge on any atom is 0.217 e. The Balaban J connectivity index is 2.41. The lowest BCUT2D eigenvalue weighted by molar-refractivity contribution is -0.118. The van der Waals surface area contributed by atoms with Crippen LogP contribution in [0.5, 0.6) is 11.8 Å². The van der Waals surface area contributed by atoms with Gasteiger partial charge in [-0.15, -0.1) is 0 Å². The normalized spacial score (nSPS) is 10.6. The monoisotopic (exact) mass is 258 g/mol. The van der Waals surface area contributed by atoms with Crippen molar-refractivity contribution in [1.82, 2.24) is 4.57 Å². The van der Waals surface area contributed by atoms with Crippen LogP contribution in [0.25, 0.3) is 0 Å². The Morgan fingerprint density at radius 1 is 1.35 bits per heavy atom. The van der Waals surface area contributed by atoms with Crippen molar-refractivity contribution < 1.29 is 15.0 Å². The molecule has 1 heterocycles. The molecule has 0 aliphatic rings. The molecule has 0 bridgehead atoms. The van der Waals surface area contributed by atoms with Crippen LogP contribution in [0.4, 0.5) is 0 Å². The van der Waals surface area contributed by atoms with Crippen molar-refractivity contribution >= 4 is 18.5 Å². The molecule has 1 aromatic rings. The maximum atomic E-state index is 10.5. The molecule has 0 fully saturated rings. The van der Waals surface area contributed by atoms with Gasteiger partial charge >= 0.3 is 0 Å². The van der Waals surface area contributed by atoms with Crippen LogP contribution in [-0.4, -0.2) is 20.7 Å². The van der Waals surface area contributed by atoms with E-state index in [0.29, 0.717) is 24.3 Å². The molecule has 96 valence electrons. The average molecular weight is 258 g/mol. The molecule has 17 heavy (non-hydrogen) atoms. The predicted molar refractivity (Wildman–Crippen MR) is 68.1 cm³/mol. The minimum Gasteiger partial charge on any atom is -0.494 e. The van der Waals surface area contributed by atoms with Crippen LogP contribution >= 0.6 is 12.6 Å². The van der Waals surface area contributed by atoms with Crippen molar-refractivity contribution in [3.05, 3.63) is 11.6 Å². The van der Waals surface area contributed by atoms with Gasteiger partial charge in [-0.3, -0.25) is 9.36 Å². The first kappa shape index (κ1) is 13.8. The summed E-state index contributed by atoms with van der Waals surface area (Å²) in [5, 5.41) is 19.3. The summed E-state index contributed by atoms with van der Waals surface area (Å²) >= 11 is 4.05. The lowest BCUT2D eigenvalue weighted by atomic mass is 10.2. The highest BCUT2D eigenvalue weighted by molar-refractivity contribution is 7.79. The number of amides is 1. The number of thiol groups is 1. The van der Waals surface area contributed by atoms with Gasteiger partial charge in [-0.05, 0) is 12.8 Å². The Hall–Kier alpha value is -1.30. The summed E-state index contributed by atoms with van der Waals surface area (Å²) in [5.74, 6) is 0.191. The van der Waals surface area contributed by atoms with Gasteiger partial charge in [0.1, 0.15) is 0 Å². The minimum absolute atomic E-state index is 0.0430. The van der Waals surface area contributed by atoms with Crippen molar-refractivity contribution in [2.24, 2.45) is 5.73 Å². The number of unbranched alkanes of at least 4 members (excludes halogenated alkanes) is 2. The molecular formula is C11H18N2O3S. The van der Waals surface area contributed by atoms with Gasteiger partial charge in [-0.25, -0.2) is 0 Å². The number of hydrogen-bond acceptors (Lipinski definition) is 4. The lowest BCUT2D eigenvalue weighted by Gasteiger charge is -2.06. The summed E-state index contributed by atoms with van der Waals surface area (Å²) in [5.41, 5.74) is 5.64. The zero-order chi connectivity index (χ0) is 12.8. The Kier molecular flexibility index (Phi) is 5.21. The summed E-state index contributed by atoms with van der Waals surface area (Å²) in [6.45, 7) is 0.518. The van der Waals surface area contributed by atoms with E-state index in [2.05, 4.69) is 12.6 Å². The van der Waals surface area contributed by atoms with Crippen molar-refractivity contribution in [2.45, 2.75) is 38.0 Å². The van der Waals surface area contributed by atoms with Crippen LogP contribution in [0.2, 0.25) is 0 Å². The predicted octanol–water partition coefficient (Wildman–Crippen LogP) is 1.37. The minimum atomic E-state index is -0.297. The highest BCUT2D eigenvalue weighted by atomic mass is 32.1.